The van der Waals surface area contributed by atoms with Gasteiger partial charge in [-0.15, -0.1) is 0 Å². The lowest BCUT2D eigenvalue weighted by atomic mass is 10.1. The molecule has 0 spiro atoms. The maximum Gasteiger partial charge on any atom is 0.230 e. The van der Waals surface area contributed by atoms with Crippen LogP contribution in [0.1, 0.15) is 38.3 Å². The summed E-state index contributed by atoms with van der Waals surface area (Å²) in [6, 6.07) is 1.86. The molecule has 2 heterocycles. The molecule has 1 aliphatic carbocycles. The zero-order valence-corrected chi connectivity index (χ0v) is 12.4. The van der Waals surface area contributed by atoms with Crippen LogP contribution in [0.5, 0.6) is 0 Å². The Morgan fingerprint density at radius 3 is 3.05 bits per heavy atom. The molecule has 2 fully saturated rings. The van der Waals surface area contributed by atoms with Crippen LogP contribution in [0.25, 0.3) is 0 Å². The summed E-state index contributed by atoms with van der Waals surface area (Å²) in [4.78, 5) is 26.0. The van der Waals surface area contributed by atoms with E-state index in [9.17, 15) is 9.59 Å². The van der Waals surface area contributed by atoms with Gasteiger partial charge in [0.25, 0.3) is 0 Å². The molecule has 0 radical (unpaired) electrons. The molecule has 1 unspecified atom stereocenters. The van der Waals surface area contributed by atoms with Crippen molar-refractivity contribution in [2.24, 2.45) is 11.8 Å². The molecule has 1 aliphatic heterocycles. The monoisotopic (exact) mass is 290 g/mol. The topological polar surface area (TPSA) is 78.1 Å². The number of hydrogen-bond acceptors (Lipinski definition) is 3. The minimum Gasteiger partial charge on any atom is -0.342 e. The molecule has 1 atom stereocenters. The van der Waals surface area contributed by atoms with Gasteiger partial charge >= 0.3 is 0 Å². The van der Waals surface area contributed by atoms with Crippen LogP contribution < -0.4 is 5.32 Å². The lowest BCUT2D eigenvalue weighted by Gasteiger charge is -2.15. The number of aryl methyl sites for hydroxylation is 1. The van der Waals surface area contributed by atoms with Crippen LogP contribution in [0.2, 0.25) is 0 Å². The van der Waals surface area contributed by atoms with Crippen LogP contribution in [0.15, 0.2) is 6.07 Å². The summed E-state index contributed by atoms with van der Waals surface area (Å²) in [5.74, 6) is 0.977. The van der Waals surface area contributed by atoms with Crippen LogP contribution in [0, 0.1) is 11.8 Å². The number of nitrogens with zero attached hydrogens (tertiary/aromatic N) is 2. The number of H-pyrrole nitrogens is 1. The van der Waals surface area contributed by atoms with E-state index in [4.69, 9.17) is 0 Å². The molecule has 21 heavy (non-hydrogen) atoms. The van der Waals surface area contributed by atoms with Gasteiger partial charge < -0.3 is 10.2 Å². The highest BCUT2D eigenvalue weighted by Gasteiger charge is 2.37. The second kappa shape index (κ2) is 5.87. The number of hydrogen-bond donors (Lipinski definition) is 2. The van der Waals surface area contributed by atoms with E-state index >= 15 is 0 Å². The summed E-state index contributed by atoms with van der Waals surface area (Å²) in [5, 5.41) is 9.81. The second-order valence-corrected chi connectivity index (χ2v) is 6.16. The number of carbonyl (C=O) groups excluding carboxylic acids is 2. The molecule has 6 heteroatoms. The molecule has 6 nitrogen and oxygen atoms in total. The summed E-state index contributed by atoms with van der Waals surface area (Å²) in [6.45, 7) is 3.47. The molecule has 0 bridgehead atoms. The van der Waals surface area contributed by atoms with Crippen molar-refractivity contribution in [2.45, 2.75) is 39.0 Å². The summed E-state index contributed by atoms with van der Waals surface area (Å²) >= 11 is 0. The third-order valence-electron chi connectivity index (χ3n) is 4.16. The molecular formula is C15H22N4O2. The third kappa shape index (κ3) is 3.43. The van der Waals surface area contributed by atoms with E-state index < -0.39 is 0 Å². The zero-order chi connectivity index (χ0) is 14.8. The van der Waals surface area contributed by atoms with Gasteiger partial charge in [0, 0.05) is 31.3 Å². The van der Waals surface area contributed by atoms with Gasteiger partial charge in [0.2, 0.25) is 11.8 Å². The summed E-state index contributed by atoms with van der Waals surface area (Å²) in [5.41, 5.74) is 1.02. The summed E-state index contributed by atoms with van der Waals surface area (Å²) in [6.07, 6.45) is 4.70. The summed E-state index contributed by atoms with van der Waals surface area (Å²) < 4.78 is 0. The molecule has 0 aromatic carbocycles. The van der Waals surface area contributed by atoms with Crippen molar-refractivity contribution in [3.05, 3.63) is 11.8 Å². The van der Waals surface area contributed by atoms with E-state index in [2.05, 4.69) is 22.4 Å². The minimum absolute atomic E-state index is 0.101. The Kier molecular flexibility index (Phi) is 3.94. The van der Waals surface area contributed by atoms with Gasteiger partial charge in [-0.1, -0.05) is 13.3 Å². The van der Waals surface area contributed by atoms with Gasteiger partial charge in [-0.25, -0.2) is 0 Å². The zero-order valence-electron chi connectivity index (χ0n) is 12.4. The van der Waals surface area contributed by atoms with Crippen molar-refractivity contribution in [3.63, 3.8) is 0 Å². The molecule has 2 N–H and O–H groups in total. The third-order valence-corrected chi connectivity index (χ3v) is 4.16. The molecular weight excluding hydrogens is 268 g/mol. The fourth-order valence-electron chi connectivity index (χ4n) is 2.79. The van der Waals surface area contributed by atoms with Crippen LogP contribution >= 0.6 is 0 Å². The lowest BCUT2D eigenvalue weighted by molar-refractivity contribution is -0.128. The smallest absolute Gasteiger partial charge is 0.230 e. The van der Waals surface area contributed by atoms with Gasteiger partial charge in [0.15, 0.2) is 5.82 Å². The molecule has 3 rings (SSSR count). The molecule has 1 aromatic rings. The van der Waals surface area contributed by atoms with Crippen LogP contribution in [-0.4, -0.2) is 40.0 Å². The number of aromatic amines is 1. The van der Waals surface area contributed by atoms with Crippen LogP contribution in [-0.2, 0) is 16.0 Å². The fourth-order valence-corrected chi connectivity index (χ4v) is 2.79. The number of aromatic nitrogens is 2. The van der Waals surface area contributed by atoms with E-state index in [-0.39, 0.29) is 17.7 Å². The molecule has 1 aromatic heterocycles. The Hall–Kier alpha value is -1.85. The first-order chi connectivity index (χ1) is 10.2. The van der Waals surface area contributed by atoms with Crippen LogP contribution in [0.3, 0.4) is 0 Å². The number of carbonyl (C=O) groups is 2. The first kappa shape index (κ1) is 14.1. The maximum absolute atomic E-state index is 12.2. The van der Waals surface area contributed by atoms with Crippen molar-refractivity contribution in [2.75, 3.05) is 18.4 Å². The van der Waals surface area contributed by atoms with E-state index in [0.29, 0.717) is 24.7 Å². The Morgan fingerprint density at radius 1 is 1.52 bits per heavy atom. The normalized spacial score (nSPS) is 21.9. The van der Waals surface area contributed by atoms with Gasteiger partial charge in [0.05, 0.1) is 5.92 Å². The van der Waals surface area contributed by atoms with E-state index in [0.717, 1.165) is 25.1 Å². The predicted molar refractivity (Wildman–Crippen MR) is 78.6 cm³/mol. The van der Waals surface area contributed by atoms with E-state index in [1.54, 1.807) is 0 Å². The Balaban J connectivity index is 1.53. The Labute approximate surface area is 124 Å². The number of likely N-dealkylation sites (tertiary alicyclic amines) is 1. The fraction of sp³-hybridized carbons (Fsp3) is 0.667. The molecule has 1 saturated carbocycles. The maximum atomic E-state index is 12.2. The standard InChI is InChI=1S/C15H22N4O2/c1-2-3-12-7-13(18-17-12)16-15(21)11-6-14(20)19(9-11)8-10-4-5-10/h7,10-11H,2-6,8-9H2,1H3,(H2,16,17,18,21). The van der Waals surface area contributed by atoms with Crippen molar-refractivity contribution < 1.29 is 9.59 Å². The Bertz CT molecular complexity index is 536. The highest BCUT2D eigenvalue weighted by atomic mass is 16.2. The van der Waals surface area contributed by atoms with Gasteiger partial charge in [-0.2, -0.15) is 5.10 Å². The van der Waals surface area contributed by atoms with E-state index in [1.165, 1.54) is 12.8 Å². The highest BCUT2D eigenvalue weighted by Crippen LogP contribution is 2.32. The van der Waals surface area contributed by atoms with Crippen molar-refractivity contribution in [1.29, 1.82) is 0 Å². The SMILES string of the molecule is CCCc1cc(NC(=O)C2CC(=O)N(CC3CC3)C2)n[nH]1. The lowest BCUT2D eigenvalue weighted by Crippen LogP contribution is -2.29. The number of anilines is 1. The van der Waals surface area contributed by atoms with Gasteiger partial charge in [-0.05, 0) is 25.2 Å². The quantitative estimate of drug-likeness (QED) is 0.834. The molecule has 1 saturated heterocycles. The average Bonchev–Trinajstić information content (AvgIpc) is 3.04. The van der Waals surface area contributed by atoms with Crippen molar-refractivity contribution in [1.82, 2.24) is 15.1 Å². The minimum atomic E-state index is -0.248. The first-order valence-corrected chi connectivity index (χ1v) is 7.78. The van der Waals surface area contributed by atoms with E-state index in [1.807, 2.05) is 11.0 Å². The molecule has 114 valence electrons. The Morgan fingerprint density at radius 2 is 2.33 bits per heavy atom. The number of nitrogens with one attached hydrogen (secondary N) is 2. The number of rotatable bonds is 6. The second-order valence-electron chi connectivity index (χ2n) is 6.16. The molecule has 2 aliphatic rings. The largest absolute Gasteiger partial charge is 0.342 e. The average molecular weight is 290 g/mol. The number of amides is 2. The van der Waals surface area contributed by atoms with Crippen molar-refractivity contribution in [3.8, 4) is 0 Å². The van der Waals surface area contributed by atoms with Gasteiger partial charge in [-0.3, -0.25) is 14.7 Å². The van der Waals surface area contributed by atoms with Crippen LogP contribution in [0.4, 0.5) is 5.82 Å². The molecule has 2 amide bonds. The van der Waals surface area contributed by atoms with Gasteiger partial charge in [0.1, 0.15) is 0 Å². The predicted octanol–water partition coefficient (Wildman–Crippen LogP) is 1.56. The summed E-state index contributed by atoms with van der Waals surface area (Å²) in [7, 11) is 0. The highest BCUT2D eigenvalue weighted by molar-refractivity contribution is 5.96. The first-order valence-electron chi connectivity index (χ1n) is 7.78. The van der Waals surface area contributed by atoms with Crippen molar-refractivity contribution >= 4 is 17.6 Å².